The summed E-state index contributed by atoms with van der Waals surface area (Å²) >= 11 is 0. The van der Waals surface area contributed by atoms with E-state index < -0.39 is 20.0 Å². The fourth-order valence-corrected chi connectivity index (χ4v) is 2.94. The van der Waals surface area contributed by atoms with E-state index in [9.17, 15) is 16.8 Å². The van der Waals surface area contributed by atoms with Crippen molar-refractivity contribution < 1.29 is 21.9 Å². The monoisotopic (exact) mass is 294 g/mol. The van der Waals surface area contributed by atoms with Gasteiger partial charge in [-0.15, -0.1) is 0 Å². The van der Waals surface area contributed by atoms with Crippen molar-refractivity contribution in [3.63, 3.8) is 0 Å². The van der Waals surface area contributed by atoms with E-state index in [4.69, 9.17) is 10.2 Å². The Labute approximate surface area is 106 Å². The number of aliphatic hydroxyl groups is 1. The molecular weight excluding hydrogens is 280 g/mol. The zero-order chi connectivity index (χ0) is 13.8. The van der Waals surface area contributed by atoms with Crippen molar-refractivity contribution in [2.75, 3.05) is 13.2 Å². The fraction of sp³-hybridized carbons (Fsp3) is 0.333. The first-order valence-electron chi connectivity index (χ1n) is 5.01. The highest BCUT2D eigenvalue weighted by atomic mass is 32.2. The van der Waals surface area contributed by atoms with Gasteiger partial charge < -0.3 is 5.11 Å². The highest BCUT2D eigenvalue weighted by molar-refractivity contribution is 7.90. The molecule has 9 heteroatoms. The van der Waals surface area contributed by atoms with Gasteiger partial charge in [0, 0.05) is 13.2 Å². The van der Waals surface area contributed by atoms with Crippen LogP contribution in [0.25, 0.3) is 0 Å². The number of rotatable bonds is 6. The summed E-state index contributed by atoms with van der Waals surface area (Å²) in [6.07, 6.45) is 0.272. The number of primary sulfonamides is 1. The molecule has 0 unspecified atom stereocenters. The number of sulfonamides is 2. The van der Waals surface area contributed by atoms with Crippen molar-refractivity contribution in [1.29, 1.82) is 0 Å². The number of nitrogens with one attached hydrogen (secondary N) is 1. The van der Waals surface area contributed by atoms with Crippen LogP contribution in [0, 0.1) is 0 Å². The Hall–Kier alpha value is -1.00. The van der Waals surface area contributed by atoms with Gasteiger partial charge in [0.15, 0.2) is 0 Å². The minimum atomic E-state index is -3.94. The highest BCUT2D eigenvalue weighted by Crippen LogP contribution is 2.14. The minimum Gasteiger partial charge on any atom is -0.396 e. The molecule has 0 heterocycles. The molecule has 0 saturated heterocycles. The molecule has 0 bridgehead atoms. The van der Waals surface area contributed by atoms with Gasteiger partial charge in [-0.05, 0) is 24.6 Å². The Morgan fingerprint density at radius 2 is 1.78 bits per heavy atom. The molecule has 1 rings (SSSR count). The largest absolute Gasteiger partial charge is 0.396 e. The van der Waals surface area contributed by atoms with Crippen LogP contribution < -0.4 is 9.86 Å². The third-order valence-electron chi connectivity index (χ3n) is 2.07. The molecule has 1 aromatic carbocycles. The average molecular weight is 294 g/mol. The molecule has 0 amide bonds. The Bertz CT molecular complexity index is 610. The Balaban J connectivity index is 3.03. The van der Waals surface area contributed by atoms with Crippen LogP contribution in [0.2, 0.25) is 0 Å². The van der Waals surface area contributed by atoms with Gasteiger partial charge in [-0.25, -0.2) is 26.7 Å². The molecule has 0 atom stereocenters. The molecule has 0 saturated carbocycles. The quantitative estimate of drug-likeness (QED) is 0.580. The van der Waals surface area contributed by atoms with E-state index in [0.717, 1.165) is 6.07 Å². The van der Waals surface area contributed by atoms with E-state index in [-0.39, 0.29) is 29.4 Å². The smallest absolute Gasteiger partial charge is 0.240 e. The van der Waals surface area contributed by atoms with Gasteiger partial charge in [-0.3, -0.25) is 0 Å². The lowest BCUT2D eigenvalue weighted by Gasteiger charge is -2.07. The van der Waals surface area contributed by atoms with Crippen molar-refractivity contribution >= 4 is 20.0 Å². The molecule has 4 N–H and O–H groups in total. The van der Waals surface area contributed by atoms with E-state index in [1.54, 1.807) is 0 Å². The number of hydrogen-bond acceptors (Lipinski definition) is 5. The van der Waals surface area contributed by atoms with Crippen LogP contribution in [0.15, 0.2) is 34.1 Å². The second kappa shape index (κ2) is 5.76. The van der Waals surface area contributed by atoms with Gasteiger partial charge in [-0.1, -0.05) is 6.07 Å². The van der Waals surface area contributed by atoms with Crippen LogP contribution in [-0.4, -0.2) is 35.1 Å². The highest BCUT2D eigenvalue weighted by Gasteiger charge is 2.16. The number of benzene rings is 1. The van der Waals surface area contributed by atoms with Crippen LogP contribution in [0.1, 0.15) is 6.42 Å². The van der Waals surface area contributed by atoms with Crippen LogP contribution in [-0.2, 0) is 20.0 Å². The number of aliphatic hydroxyl groups excluding tert-OH is 1. The van der Waals surface area contributed by atoms with Crippen LogP contribution in [0.3, 0.4) is 0 Å². The average Bonchev–Trinajstić information content (AvgIpc) is 2.28. The van der Waals surface area contributed by atoms with E-state index >= 15 is 0 Å². The first-order valence-corrected chi connectivity index (χ1v) is 8.04. The predicted molar refractivity (Wildman–Crippen MR) is 64.7 cm³/mol. The lowest BCUT2D eigenvalue weighted by atomic mass is 10.4. The summed E-state index contributed by atoms with van der Waals surface area (Å²) < 4.78 is 48.0. The molecule has 102 valence electrons. The zero-order valence-electron chi connectivity index (χ0n) is 9.40. The number of hydrogen-bond donors (Lipinski definition) is 3. The predicted octanol–water partition coefficient (Wildman–Crippen LogP) is -1.01. The summed E-state index contributed by atoms with van der Waals surface area (Å²) in [4.78, 5) is -0.459. The van der Waals surface area contributed by atoms with Gasteiger partial charge in [0.2, 0.25) is 20.0 Å². The first-order chi connectivity index (χ1) is 8.27. The zero-order valence-corrected chi connectivity index (χ0v) is 11.0. The Kier molecular flexibility index (Phi) is 4.82. The summed E-state index contributed by atoms with van der Waals surface area (Å²) in [6.45, 7) is -0.0713. The van der Waals surface area contributed by atoms with Gasteiger partial charge in [-0.2, -0.15) is 0 Å². The molecule has 0 aliphatic carbocycles. The van der Waals surface area contributed by atoms with E-state index in [1.807, 2.05) is 0 Å². The van der Waals surface area contributed by atoms with E-state index in [0.29, 0.717) is 0 Å². The summed E-state index contributed by atoms with van der Waals surface area (Å²) in [6, 6.07) is 4.75. The number of nitrogens with two attached hydrogens (primary N) is 1. The van der Waals surface area contributed by atoms with Crippen LogP contribution in [0.4, 0.5) is 0 Å². The third-order valence-corrected chi connectivity index (χ3v) is 4.44. The van der Waals surface area contributed by atoms with Gasteiger partial charge >= 0.3 is 0 Å². The maximum Gasteiger partial charge on any atom is 0.240 e. The third kappa shape index (κ3) is 4.03. The normalized spacial score (nSPS) is 12.6. The van der Waals surface area contributed by atoms with Gasteiger partial charge in [0.1, 0.15) is 0 Å². The summed E-state index contributed by atoms with van der Waals surface area (Å²) in [5, 5.41) is 13.5. The van der Waals surface area contributed by atoms with Crippen molar-refractivity contribution in [3.05, 3.63) is 24.3 Å². The fourth-order valence-electron chi connectivity index (χ4n) is 1.19. The summed E-state index contributed by atoms with van der Waals surface area (Å²) in [7, 11) is -7.74. The van der Waals surface area contributed by atoms with Crippen molar-refractivity contribution in [3.8, 4) is 0 Å². The molecule has 0 spiro atoms. The summed E-state index contributed by atoms with van der Waals surface area (Å²) in [5.74, 6) is 0. The molecular formula is C9H14N2O5S2. The molecule has 18 heavy (non-hydrogen) atoms. The molecule has 1 aromatic rings. The lowest BCUT2D eigenvalue weighted by molar-refractivity contribution is 0.289. The molecule has 0 aliphatic heterocycles. The molecule has 0 aromatic heterocycles. The molecule has 0 radical (unpaired) electrons. The first kappa shape index (κ1) is 15.1. The standard InChI is InChI=1S/C9H14N2O5S2/c10-17(13,14)8-3-1-4-9(7-8)18(15,16)11-5-2-6-12/h1,3-4,7,11-12H,2,5-6H2,(H2,10,13,14). The maximum atomic E-state index is 11.8. The minimum absolute atomic E-state index is 0.0679. The van der Waals surface area contributed by atoms with Gasteiger partial charge in [0.05, 0.1) is 9.79 Å². The molecule has 0 fully saturated rings. The van der Waals surface area contributed by atoms with Crippen molar-refractivity contribution in [1.82, 2.24) is 4.72 Å². The Morgan fingerprint density at radius 3 is 2.33 bits per heavy atom. The lowest BCUT2D eigenvalue weighted by Crippen LogP contribution is -2.25. The second-order valence-corrected chi connectivity index (χ2v) is 6.82. The molecule has 7 nitrogen and oxygen atoms in total. The Morgan fingerprint density at radius 1 is 1.17 bits per heavy atom. The van der Waals surface area contributed by atoms with E-state index in [1.165, 1.54) is 18.2 Å². The molecule has 0 aliphatic rings. The van der Waals surface area contributed by atoms with Crippen LogP contribution in [0.5, 0.6) is 0 Å². The van der Waals surface area contributed by atoms with Gasteiger partial charge in [0.25, 0.3) is 0 Å². The SMILES string of the molecule is NS(=O)(=O)c1cccc(S(=O)(=O)NCCCO)c1. The topological polar surface area (TPSA) is 127 Å². The maximum absolute atomic E-state index is 11.8. The second-order valence-electron chi connectivity index (χ2n) is 3.49. The van der Waals surface area contributed by atoms with Crippen LogP contribution >= 0.6 is 0 Å². The summed E-state index contributed by atoms with van der Waals surface area (Å²) in [5.41, 5.74) is 0. The van der Waals surface area contributed by atoms with Crippen molar-refractivity contribution in [2.45, 2.75) is 16.2 Å². The van der Waals surface area contributed by atoms with Crippen molar-refractivity contribution in [2.24, 2.45) is 5.14 Å². The van der Waals surface area contributed by atoms with E-state index in [2.05, 4.69) is 4.72 Å².